The molecule has 0 radical (unpaired) electrons. The maximum atomic E-state index is 11.5. The average molecular weight is 301 g/mol. The number of nitrogens with one attached hydrogen (secondary N) is 1. The summed E-state index contributed by atoms with van der Waals surface area (Å²) >= 11 is 0. The van der Waals surface area contributed by atoms with Crippen LogP contribution in [0.1, 0.15) is 31.7 Å². The number of hydrogen-bond acceptors (Lipinski definition) is 6. The second kappa shape index (κ2) is 6.24. The van der Waals surface area contributed by atoms with Gasteiger partial charge in [-0.3, -0.25) is 4.90 Å². The smallest absolute Gasteiger partial charge is 0.151 e. The molecule has 0 amide bonds. The fourth-order valence-corrected chi connectivity index (χ4v) is 4.13. The first-order chi connectivity index (χ1) is 9.35. The van der Waals surface area contributed by atoms with Gasteiger partial charge in [0.1, 0.15) is 0 Å². The molecule has 20 heavy (non-hydrogen) atoms. The summed E-state index contributed by atoms with van der Waals surface area (Å²) in [5.41, 5.74) is 0.876. The van der Waals surface area contributed by atoms with E-state index in [0.29, 0.717) is 31.3 Å². The number of hydrogen-bond donors (Lipinski definition) is 1. The van der Waals surface area contributed by atoms with E-state index >= 15 is 0 Å². The topological polar surface area (TPSA) is 75.4 Å². The molecule has 0 spiro atoms. The molecular weight excluding hydrogens is 278 g/mol. The van der Waals surface area contributed by atoms with Crippen LogP contribution in [0.25, 0.3) is 0 Å². The lowest BCUT2D eigenvalue weighted by Crippen LogP contribution is -2.31. The van der Waals surface area contributed by atoms with E-state index in [1.165, 1.54) is 0 Å². The van der Waals surface area contributed by atoms with Crippen LogP contribution in [0.2, 0.25) is 0 Å². The normalized spacial score (nSPS) is 21.9. The van der Waals surface area contributed by atoms with E-state index in [-0.39, 0.29) is 11.8 Å². The van der Waals surface area contributed by atoms with Crippen molar-refractivity contribution in [2.75, 3.05) is 18.6 Å². The van der Waals surface area contributed by atoms with Crippen LogP contribution in [0.4, 0.5) is 0 Å². The fourth-order valence-electron chi connectivity index (χ4n) is 2.32. The van der Waals surface area contributed by atoms with Gasteiger partial charge in [0.15, 0.2) is 15.6 Å². The lowest BCUT2D eigenvalue weighted by atomic mass is 10.2. The van der Waals surface area contributed by atoms with Crippen molar-refractivity contribution >= 4 is 9.84 Å². The summed E-state index contributed by atoms with van der Waals surface area (Å²) in [6.45, 7) is 5.43. The van der Waals surface area contributed by atoms with Crippen LogP contribution in [0.15, 0.2) is 10.6 Å². The molecule has 1 aliphatic rings. The number of sulfone groups is 1. The molecule has 1 fully saturated rings. The van der Waals surface area contributed by atoms with E-state index in [0.717, 1.165) is 11.5 Å². The highest BCUT2D eigenvalue weighted by molar-refractivity contribution is 7.91. The van der Waals surface area contributed by atoms with Crippen LogP contribution >= 0.6 is 0 Å². The van der Waals surface area contributed by atoms with Crippen molar-refractivity contribution in [1.29, 1.82) is 0 Å². The molecular formula is C13H23N3O3S. The van der Waals surface area contributed by atoms with E-state index in [1.807, 2.05) is 18.0 Å². The van der Waals surface area contributed by atoms with Crippen molar-refractivity contribution in [3.63, 3.8) is 0 Å². The Kier molecular flexibility index (Phi) is 4.82. The average Bonchev–Trinajstić information content (AvgIpc) is 2.93. The molecule has 0 aliphatic carbocycles. The van der Waals surface area contributed by atoms with Gasteiger partial charge in [-0.2, -0.15) is 0 Å². The predicted molar refractivity (Wildman–Crippen MR) is 77.0 cm³/mol. The Morgan fingerprint density at radius 2 is 2.30 bits per heavy atom. The van der Waals surface area contributed by atoms with Gasteiger partial charge in [-0.05, 0) is 13.5 Å². The molecule has 1 N–H and O–H groups in total. The molecule has 1 aliphatic heterocycles. The monoisotopic (exact) mass is 301 g/mol. The quantitative estimate of drug-likeness (QED) is 0.837. The van der Waals surface area contributed by atoms with E-state index in [4.69, 9.17) is 4.52 Å². The summed E-state index contributed by atoms with van der Waals surface area (Å²) in [7, 11) is -0.913. The number of rotatable bonds is 6. The molecule has 6 nitrogen and oxygen atoms in total. The third kappa shape index (κ3) is 4.29. The Hall–Kier alpha value is -0.920. The molecule has 1 atom stereocenters. The Morgan fingerprint density at radius 1 is 1.55 bits per heavy atom. The maximum Gasteiger partial charge on any atom is 0.151 e. The Morgan fingerprint density at radius 3 is 2.90 bits per heavy atom. The molecule has 0 saturated carbocycles. The molecule has 1 saturated heterocycles. The highest BCUT2D eigenvalue weighted by Gasteiger charge is 2.30. The lowest BCUT2D eigenvalue weighted by molar-refractivity contribution is 0.222. The third-order valence-corrected chi connectivity index (χ3v) is 5.29. The van der Waals surface area contributed by atoms with Gasteiger partial charge in [-0.1, -0.05) is 19.0 Å². The minimum atomic E-state index is -2.84. The number of nitrogens with zero attached hydrogens (tertiary/aromatic N) is 2. The Labute approximate surface area is 120 Å². The first kappa shape index (κ1) is 15.5. The van der Waals surface area contributed by atoms with Crippen molar-refractivity contribution in [2.24, 2.45) is 0 Å². The van der Waals surface area contributed by atoms with Crippen molar-refractivity contribution in [1.82, 2.24) is 15.4 Å². The van der Waals surface area contributed by atoms with Crippen LogP contribution in [0.3, 0.4) is 0 Å². The first-order valence-corrected chi connectivity index (χ1v) is 8.76. The van der Waals surface area contributed by atoms with Gasteiger partial charge >= 0.3 is 0 Å². The molecule has 2 rings (SSSR count). The third-order valence-electron chi connectivity index (χ3n) is 3.54. The molecule has 1 unspecified atom stereocenters. The summed E-state index contributed by atoms with van der Waals surface area (Å²) in [5.74, 6) is 1.32. The molecule has 0 aromatic carbocycles. The molecule has 1 aromatic heterocycles. The Balaban J connectivity index is 1.87. The van der Waals surface area contributed by atoms with Gasteiger partial charge in [-0.25, -0.2) is 8.42 Å². The van der Waals surface area contributed by atoms with Crippen molar-refractivity contribution in [2.45, 2.75) is 45.4 Å². The van der Waals surface area contributed by atoms with E-state index in [9.17, 15) is 8.42 Å². The van der Waals surface area contributed by atoms with Gasteiger partial charge < -0.3 is 9.84 Å². The largest absolute Gasteiger partial charge is 0.360 e. The van der Waals surface area contributed by atoms with Gasteiger partial charge in [-0.15, -0.1) is 0 Å². The van der Waals surface area contributed by atoms with Crippen LogP contribution in [-0.4, -0.2) is 49.1 Å². The van der Waals surface area contributed by atoms with Crippen LogP contribution in [-0.2, 0) is 22.9 Å². The summed E-state index contributed by atoms with van der Waals surface area (Å²) in [5, 5.41) is 7.29. The maximum absolute atomic E-state index is 11.5. The highest BCUT2D eigenvalue weighted by atomic mass is 32.2. The zero-order chi connectivity index (χ0) is 14.8. The van der Waals surface area contributed by atoms with Crippen molar-refractivity contribution in [3.8, 4) is 0 Å². The molecule has 1 aromatic rings. The SMILES string of the molecule is CC(C)NCc1cc(CN(C)C2CCS(=O)(=O)C2)on1. The number of aromatic nitrogens is 1. The predicted octanol–water partition coefficient (Wildman–Crippen LogP) is 0.792. The Bertz CT molecular complexity index is 539. The summed E-state index contributed by atoms with van der Waals surface area (Å²) < 4.78 is 28.3. The molecule has 7 heteroatoms. The zero-order valence-electron chi connectivity index (χ0n) is 12.3. The molecule has 0 bridgehead atoms. The van der Waals surface area contributed by atoms with E-state index in [2.05, 4.69) is 24.3 Å². The minimum absolute atomic E-state index is 0.0855. The van der Waals surface area contributed by atoms with Gasteiger partial charge in [0.25, 0.3) is 0 Å². The lowest BCUT2D eigenvalue weighted by Gasteiger charge is -2.21. The summed E-state index contributed by atoms with van der Waals surface area (Å²) in [6.07, 6.45) is 0.703. The molecule has 114 valence electrons. The second-order valence-electron chi connectivity index (χ2n) is 5.79. The van der Waals surface area contributed by atoms with Crippen molar-refractivity contribution in [3.05, 3.63) is 17.5 Å². The second-order valence-corrected chi connectivity index (χ2v) is 8.02. The molecule has 2 heterocycles. The minimum Gasteiger partial charge on any atom is -0.360 e. The van der Waals surface area contributed by atoms with Crippen LogP contribution in [0.5, 0.6) is 0 Å². The first-order valence-electron chi connectivity index (χ1n) is 6.94. The van der Waals surface area contributed by atoms with Crippen LogP contribution in [0, 0.1) is 0 Å². The van der Waals surface area contributed by atoms with Crippen LogP contribution < -0.4 is 5.32 Å². The van der Waals surface area contributed by atoms with Gasteiger partial charge in [0, 0.05) is 24.7 Å². The van der Waals surface area contributed by atoms with E-state index < -0.39 is 9.84 Å². The van der Waals surface area contributed by atoms with Crippen molar-refractivity contribution < 1.29 is 12.9 Å². The van der Waals surface area contributed by atoms with E-state index in [1.54, 1.807) is 0 Å². The summed E-state index contributed by atoms with van der Waals surface area (Å²) in [4.78, 5) is 2.03. The highest BCUT2D eigenvalue weighted by Crippen LogP contribution is 2.18. The van der Waals surface area contributed by atoms with Gasteiger partial charge in [0.05, 0.1) is 23.7 Å². The fraction of sp³-hybridized carbons (Fsp3) is 0.769. The standard InChI is InChI=1S/C13H23N3O3S/c1-10(2)14-7-11-6-13(19-15-11)8-16(3)12-4-5-20(17,18)9-12/h6,10,12,14H,4-5,7-9H2,1-3H3. The zero-order valence-corrected chi connectivity index (χ0v) is 13.1. The van der Waals surface area contributed by atoms with Gasteiger partial charge in [0.2, 0.25) is 0 Å². The summed E-state index contributed by atoms with van der Waals surface area (Å²) in [6, 6.07) is 2.42.